The van der Waals surface area contributed by atoms with Crippen molar-refractivity contribution in [3.63, 3.8) is 0 Å². The summed E-state index contributed by atoms with van der Waals surface area (Å²) in [6.07, 6.45) is 3.78. The number of aliphatic hydroxyl groups excluding tert-OH is 5. The van der Waals surface area contributed by atoms with Gasteiger partial charge in [-0.2, -0.15) is 0 Å². The first kappa shape index (κ1) is 22.8. The summed E-state index contributed by atoms with van der Waals surface area (Å²) in [4.78, 5) is 0. The Balaban J connectivity index is 2.20. The molecule has 0 aromatic rings. The van der Waals surface area contributed by atoms with Crippen LogP contribution in [0.2, 0.25) is 0 Å². The van der Waals surface area contributed by atoms with Crippen molar-refractivity contribution in [1.82, 2.24) is 0 Å². The number of rotatable bonds is 9. The van der Waals surface area contributed by atoms with Gasteiger partial charge in [-0.1, -0.05) is 52.0 Å². The van der Waals surface area contributed by atoms with Crippen LogP contribution in [0.15, 0.2) is 11.6 Å². The third kappa shape index (κ3) is 5.52. The number of hydrogen-bond donors (Lipinski definition) is 5. The second kappa shape index (κ2) is 10.9. The Morgan fingerprint density at radius 3 is 2.26 bits per heavy atom. The molecular formula is C21H38O6. The van der Waals surface area contributed by atoms with E-state index in [1.165, 1.54) is 12.8 Å². The molecule has 0 radical (unpaired) electrons. The number of allylic oxidation sites excluding steroid dienone is 1. The monoisotopic (exact) mass is 386 g/mol. The zero-order chi connectivity index (χ0) is 20.0. The molecule has 2 rings (SSSR count). The van der Waals surface area contributed by atoms with Crippen molar-refractivity contribution in [3.05, 3.63) is 11.6 Å². The van der Waals surface area contributed by atoms with E-state index in [9.17, 15) is 25.5 Å². The highest BCUT2D eigenvalue weighted by molar-refractivity contribution is 5.23. The summed E-state index contributed by atoms with van der Waals surface area (Å²) in [7, 11) is 0. The SMILES string of the molecule is CCCCCC1CC(O)C([C@@H]2O[C@H](CO)[C@@H](O)[C@H](O)[C@H]2O)=CC1CCCC. The lowest BCUT2D eigenvalue weighted by Crippen LogP contribution is -2.60. The van der Waals surface area contributed by atoms with E-state index in [0.717, 1.165) is 32.1 Å². The molecule has 1 heterocycles. The maximum atomic E-state index is 10.8. The van der Waals surface area contributed by atoms with Crippen LogP contribution in [0.4, 0.5) is 0 Å². The van der Waals surface area contributed by atoms with Crippen LogP contribution in [0.25, 0.3) is 0 Å². The minimum atomic E-state index is -1.41. The van der Waals surface area contributed by atoms with E-state index in [1.807, 2.05) is 6.08 Å². The Kier molecular flexibility index (Phi) is 9.19. The second-order valence-electron chi connectivity index (χ2n) is 8.23. The van der Waals surface area contributed by atoms with Crippen molar-refractivity contribution in [2.75, 3.05) is 6.61 Å². The largest absolute Gasteiger partial charge is 0.394 e. The van der Waals surface area contributed by atoms with Crippen molar-refractivity contribution in [3.8, 4) is 0 Å². The molecule has 6 heteroatoms. The minimum absolute atomic E-state index is 0.313. The molecule has 0 aromatic carbocycles. The summed E-state index contributed by atoms with van der Waals surface area (Å²) >= 11 is 0. The van der Waals surface area contributed by atoms with Crippen LogP contribution >= 0.6 is 0 Å². The number of ether oxygens (including phenoxy) is 1. The molecule has 0 saturated carbocycles. The Morgan fingerprint density at radius 1 is 0.926 bits per heavy atom. The molecule has 0 aromatic heterocycles. The molecule has 8 atom stereocenters. The Morgan fingerprint density at radius 2 is 1.63 bits per heavy atom. The average Bonchev–Trinajstić information content (AvgIpc) is 2.66. The maximum absolute atomic E-state index is 10.8. The average molecular weight is 387 g/mol. The summed E-state index contributed by atoms with van der Waals surface area (Å²) in [6.45, 7) is 3.89. The van der Waals surface area contributed by atoms with Gasteiger partial charge in [0.15, 0.2) is 0 Å². The molecule has 1 fully saturated rings. The van der Waals surface area contributed by atoms with Crippen molar-refractivity contribution < 1.29 is 30.3 Å². The fourth-order valence-electron chi connectivity index (χ4n) is 4.50. The van der Waals surface area contributed by atoms with Crippen LogP contribution in [0.3, 0.4) is 0 Å². The van der Waals surface area contributed by atoms with Crippen LogP contribution in [0.1, 0.15) is 65.2 Å². The van der Waals surface area contributed by atoms with E-state index in [0.29, 0.717) is 23.8 Å². The molecule has 3 unspecified atom stereocenters. The molecule has 6 nitrogen and oxygen atoms in total. The topological polar surface area (TPSA) is 110 Å². The highest BCUT2D eigenvalue weighted by Crippen LogP contribution is 2.39. The first-order valence-corrected chi connectivity index (χ1v) is 10.6. The lowest BCUT2D eigenvalue weighted by Gasteiger charge is -2.44. The molecule has 0 spiro atoms. The van der Waals surface area contributed by atoms with Crippen LogP contribution in [-0.2, 0) is 4.74 Å². The highest BCUT2D eigenvalue weighted by atomic mass is 16.5. The van der Waals surface area contributed by atoms with Crippen molar-refractivity contribution in [2.24, 2.45) is 11.8 Å². The standard InChI is InChI=1S/C21H38O6/c1-3-5-7-9-14-11-16(23)15(10-13(14)8-6-4-2)21-20(26)19(25)18(24)17(12-22)27-21/h10,13-14,16-26H,3-9,11-12H2,1-2H3/t13?,14?,16?,17-,18-,19+,20-,21+/m1/s1. The van der Waals surface area contributed by atoms with Crippen molar-refractivity contribution >= 4 is 0 Å². The Hall–Kier alpha value is -0.500. The molecule has 1 aliphatic heterocycles. The predicted octanol–water partition coefficient (Wildman–Crippen LogP) is 1.52. The van der Waals surface area contributed by atoms with Crippen molar-refractivity contribution in [1.29, 1.82) is 0 Å². The fraction of sp³-hybridized carbons (Fsp3) is 0.905. The molecule has 0 bridgehead atoms. The van der Waals surface area contributed by atoms with Gasteiger partial charge in [-0.15, -0.1) is 0 Å². The van der Waals surface area contributed by atoms with Gasteiger partial charge < -0.3 is 30.3 Å². The van der Waals surface area contributed by atoms with Gasteiger partial charge in [-0.3, -0.25) is 0 Å². The van der Waals surface area contributed by atoms with E-state index in [4.69, 9.17) is 4.74 Å². The molecule has 1 saturated heterocycles. The first-order chi connectivity index (χ1) is 12.9. The zero-order valence-electron chi connectivity index (χ0n) is 16.7. The van der Waals surface area contributed by atoms with Crippen LogP contribution < -0.4 is 0 Å². The zero-order valence-corrected chi connectivity index (χ0v) is 16.7. The Bertz CT molecular complexity index is 466. The summed E-state index contributed by atoms with van der Waals surface area (Å²) in [5.41, 5.74) is 0.583. The summed E-state index contributed by atoms with van der Waals surface area (Å²) in [5, 5.41) is 50.7. The van der Waals surface area contributed by atoms with Crippen LogP contribution in [-0.4, -0.2) is 68.8 Å². The van der Waals surface area contributed by atoms with Gasteiger partial charge in [0.2, 0.25) is 0 Å². The molecule has 5 N–H and O–H groups in total. The number of hydrogen-bond acceptors (Lipinski definition) is 6. The highest BCUT2D eigenvalue weighted by Gasteiger charge is 2.47. The lowest BCUT2D eigenvalue weighted by molar-refractivity contribution is -0.222. The quantitative estimate of drug-likeness (QED) is 0.304. The first-order valence-electron chi connectivity index (χ1n) is 10.6. The molecule has 158 valence electrons. The second-order valence-corrected chi connectivity index (χ2v) is 8.23. The molecular weight excluding hydrogens is 348 g/mol. The number of unbranched alkanes of at least 4 members (excludes halogenated alkanes) is 3. The molecule has 0 amide bonds. The summed E-state index contributed by atoms with van der Waals surface area (Å²) in [6, 6.07) is 0. The summed E-state index contributed by atoms with van der Waals surface area (Å²) < 4.78 is 5.69. The third-order valence-electron chi connectivity index (χ3n) is 6.21. The van der Waals surface area contributed by atoms with Gasteiger partial charge in [-0.05, 0) is 36.7 Å². The predicted molar refractivity (Wildman–Crippen MR) is 103 cm³/mol. The minimum Gasteiger partial charge on any atom is -0.394 e. The fourth-order valence-corrected chi connectivity index (χ4v) is 4.50. The van der Waals surface area contributed by atoms with Gasteiger partial charge in [0.05, 0.1) is 12.7 Å². The normalized spacial score (nSPS) is 40.0. The van der Waals surface area contributed by atoms with Crippen LogP contribution in [0.5, 0.6) is 0 Å². The van der Waals surface area contributed by atoms with E-state index in [-0.39, 0.29) is 0 Å². The van der Waals surface area contributed by atoms with Gasteiger partial charge >= 0.3 is 0 Å². The van der Waals surface area contributed by atoms with Gasteiger partial charge in [0.1, 0.15) is 30.5 Å². The van der Waals surface area contributed by atoms with Gasteiger partial charge in [0, 0.05) is 0 Å². The smallest absolute Gasteiger partial charge is 0.113 e. The maximum Gasteiger partial charge on any atom is 0.113 e. The van der Waals surface area contributed by atoms with E-state index < -0.39 is 43.2 Å². The third-order valence-corrected chi connectivity index (χ3v) is 6.21. The Labute approximate surface area is 162 Å². The summed E-state index contributed by atoms with van der Waals surface area (Å²) in [5.74, 6) is 0.722. The van der Waals surface area contributed by atoms with E-state index in [2.05, 4.69) is 13.8 Å². The van der Waals surface area contributed by atoms with E-state index >= 15 is 0 Å². The lowest BCUT2D eigenvalue weighted by atomic mass is 9.72. The van der Waals surface area contributed by atoms with Gasteiger partial charge in [-0.25, -0.2) is 0 Å². The number of aliphatic hydroxyl groups is 5. The molecule has 27 heavy (non-hydrogen) atoms. The van der Waals surface area contributed by atoms with Crippen molar-refractivity contribution in [2.45, 2.75) is 102 Å². The molecule has 1 aliphatic carbocycles. The van der Waals surface area contributed by atoms with Crippen LogP contribution in [0, 0.1) is 11.8 Å². The molecule has 2 aliphatic rings. The van der Waals surface area contributed by atoms with Gasteiger partial charge in [0.25, 0.3) is 0 Å². The van der Waals surface area contributed by atoms with E-state index in [1.54, 1.807) is 0 Å².